The Morgan fingerprint density at radius 3 is 2.47 bits per heavy atom. The highest BCUT2D eigenvalue weighted by Crippen LogP contribution is 2.41. The number of carbonyl (C=O) groups excluding carboxylic acids is 1. The van der Waals surface area contributed by atoms with E-state index in [0.717, 1.165) is 11.3 Å². The third-order valence-electron chi connectivity index (χ3n) is 6.01. The monoisotopic (exact) mass is 481 g/mol. The van der Waals surface area contributed by atoms with E-state index in [1.807, 2.05) is 18.2 Å². The van der Waals surface area contributed by atoms with Crippen molar-refractivity contribution < 1.29 is 22.7 Å². The number of methoxy groups -OCH3 is 2. The number of ether oxygens (including phenoxy) is 2. The van der Waals surface area contributed by atoms with E-state index < -0.39 is 21.9 Å². The normalized spacial score (nSPS) is 18.4. The Hall–Kier alpha value is -3.43. The molecular weight excluding hydrogens is 454 g/mol. The summed E-state index contributed by atoms with van der Waals surface area (Å²) >= 11 is 0. The zero-order chi connectivity index (χ0) is 24.1. The van der Waals surface area contributed by atoms with E-state index in [0.29, 0.717) is 11.5 Å². The highest BCUT2D eigenvalue weighted by atomic mass is 32.2. The van der Waals surface area contributed by atoms with E-state index in [2.05, 4.69) is 10.3 Å². The van der Waals surface area contributed by atoms with E-state index in [-0.39, 0.29) is 30.4 Å². The molecular formula is C25H27N3O5S. The first-order valence-electron chi connectivity index (χ1n) is 10.9. The Kier molecular flexibility index (Phi) is 7.14. The molecule has 2 atom stereocenters. The maximum absolute atomic E-state index is 13.3. The maximum atomic E-state index is 13.3. The molecule has 34 heavy (non-hydrogen) atoms. The van der Waals surface area contributed by atoms with Crippen LogP contribution in [0.1, 0.15) is 17.2 Å². The molecule has 0 radical (unpaired) electrons. The van der Waals surface area contributed by atoms with Gasteiger partial charge in [0.1, 0.15) is 11.5 Å². The molecule has 1 saturated heterocycles. The predicted octanol–water partition coefficient (Wildman–Crippen LogP) is 2.82. The molecule has 8 nitrogen and oxygen atoms in total. The highest BCUT2D eigenvalue weighted by molar-refractivity contribution is 7.89. The zero-order valence-corrected chi connectivity index (χ0v) is 19.9. The van der Waals surface area contributed by atoms with Gasteiger partial charge in [-0.3, -0.25) is 9.78 Å². The van der Waals surface area contributed by atoms with Crippen molar-refractivity contribution in [1.29, 1.82) is 0 Å². The maximum Gasteiger partial charge on any atom is 0.243 e. The van der Waals surface area contributed by atoms with Gasteiger partial charge in [-0.15, -0.1) is 0 Å². The van der Waals surface area contributed by atoms with Gasteiger partial charge in [0.05, 0.1) is 37.3 Å². The summed E-state index contributed by atoms with van der Waals surface area (Å²) in [5.41, 5.74) is 1.48. The molecule has 2 unspecified atom stereocenters. The van der Waals surface area contributed by atoms with E-state index in [9.17, 15) is 13.2 Å². The van der Waals surface area contributed by atoms with Crippen LogP contribution in [0.25, 0.3) is 0 Å². The van der Waals surface area contributed by atoms with Gasteiger partial charge in [0.2, 0.25) is 15.9 Å². The number of nitrogens with one attached hydrogen (secondary N) is 1. The van der Waals surface area contributed by atoms with Gasteiger partial charge >= 0.3 is 0 Å². The van der Waals surface area contributed by atoms with Crippen molar-refractivity contribution in [3.05, 3.63) is 84.2 Å². The summed E-state index contributed by atoms with van der Waals surface area (Å²) < 4.78 is 38.9. The van der Waals surface area contributed by atoms with E-state index >= 15 is 0 Å². The molecule has 1 amide bonds. The largest absolute Gasteiger partial charge is 0.497 e. The summed E-state index contributed by atoms with van der Waals surface area (Å²) in [4.78, 5) is 17.7. The molecule has 1 aliphatic heterocycles. The first-order chi connectivity index (χ1) is 16.4. The predicted molar refractivity (Wildman–Crippen MR) is 127 cm³/mol. The molecule has 178 valence electrons. The van der Waals surface area contributed by atoms with Crippen LogP contribution in [0.3, 0.4) is 0 Å². The second kappa shape index (κ2) is 10.2. The summed E-state index contributed by atoms with van der Waals surface area (Å²) in [6.45, 7) is 0.473. The van der Waals surface area contributed by atoms with Crippen LogP contribution >= 0.6 is 0 Å². The van der Waals surface area contributed by atoms with E-state index in [1.54, 1.807) is 68.9 Å². The van der Waals surface area contributed by atoms with Gasteiger partial charge in [0.25, 0.3) is 0 Å². The second-order valence-corrected chi connectivity index (χ2v) is 9.93. The summed E-state index contributed by atoms with van der Waals surface area (Å²) in [6, 6.07) is 19.1. The number of benzene rings is 2. The number of pyridine rings is 1. The third kappa shape index (κ3) is 4.90. The highest BCUT2D eigenvalue weighted by Gasteiger charge is 2.44. The standard InChI is InChI=1S/C25H27N3O5S/c1-32-19-11-12-21(24(14-19)33-2)22-16-28(34(30,31)20-9-4-3-5-10-20)17-23(22)25(29)27-15-18-8-6-7-13-26-18/h3-14,22-23H,15-17H2,1-2H3,(H,27,29). The average molecular weight is 482 g/mol. The van der Waals surface area contributed by atoms with Crippen LogP contribution in [0.2, 0.25) is 0 Å². The molecule has 4 rings (SSSR count). The smallest absolute Gasteiger partial charge is 0.243 e. The summed E-state index contributed by atoms with van der Waals surface area (Å²) in [5.74, 6) is -0.0822. The van der Waals surface area contributed by atoms with Crippen LogP contribution in [-0.4, -0.2) is 50.9 Å². The zero-order valence-electron chi connectivity index (χ0n) is 19.0. The minimum atomic E-state index is -3.77. The number of nitrogens with zero attached hydrogens (tertiary/aromatic N) is 2. The fourth-order valence-corrected chi connectivity index (χ4v) is 5.74. The van der Waals surface area contributed by atoms with Crippen molar-refractivity contribution in [3.8, 4) is 11.5 Å². The van der Waals surface area contributed by atoms with Crippen LogP contribution in [0, 0.1) is 5.92 Å². The van der Waals surface area contributed by atoms with Gasteiger partial charge in [-0.1, -0.05) is 30.3 Å². The van der Waals surface area contributed by atoms with Crippen molar-refractivity contribution in [2.24, 2.45) is 5.92 Å². The molecule has 0 bridgehead atoms. The molecule has 1 aromatic heterocycles. The SMILES string of the molecule is COc1ccc(C2CN(S(=O)(=O)c3ccccc3)CC2C(=O)NCc2ccccn2)c(OC)c1. The van der Waals surface area contributed by atoms with Gasteiger partial charge < -0.3 is 14.8 Å². The number of amides is 1. The summed E-state index contributed by atoms with van der Waals surface area (Å²) in [5, 5.41) is 2.92. The molecule has 1 aliphatic rings. The van der Waals surface area contributed by atoms with Crippen LogP contribution in [0.5, 0.6) is 11.5 Å². The van der Waals surface area contributed by atoms with Crippen molar-refractivity contribution in [2.45, 2.75) is 17.4 Å². The van der Waals surface area contributed by atoms with E-state index in [4.69, 9.17) is 9.47 Å². The Bertz CT molecular complexity index is 1240. The number of rotatable bonds is 8. The minimum Gasteiger partial charge on any atom is -0.497 e. The molecule has 0 saturated carbocycles. The third-order valence-corrected chi connectivity index (χ3v) is 7.86. The van der Waals surface area contributed by atoms with Gasteiger partial charge in [0, 0.05) is 31.3 Å². The summed E-state index contributed by atoms with van der Waals surface area (Å²) in [7, 11) is -0.665. The van der Waals surface area contributed by atoms with Gasteiger partial charge in [-0.05, 0) is 35.9 Å². The molecule has 1 N–H and O–H groups in total. The van der Waals surface area contributed by atoms with Gasteiger partial charge in [0.15, 0.2) is 0 Å². The second-order valence-electron chi connectivity index (χ2n) is 7.99. The quantitative estimate of drug-likeness (QED) is 0.531. The van der Waals surface area contributed by atoms with Crippen LogP contribution < -0.4 is 14.8 Å². The van der Waals surface area contributed by atoms with Crippen molar-refractivity contribution in [1.82, 2.24) is 14.6 Å². The van der Waals surface area contributed by atoms with E-state index in [1.165, 1.54) is 4.31 Å². The molecule has 3 aromatic rings. The molecule has 9 heteroatoms. The lowest BCUT2D eigenvalue weighted by Gasteiger charge is -2.21. The lowest BCUT2D eigenvalue weighted by atomic mass is 9.87. The van der Waals surface area contributed by atoms with Crippen LogP contribution in [0.4, 0.5) is 0 Å². The minimum absolute atomic E-state index is 0.0606. The Morgan fingerprint density at radius 2 is 1.79 bits per heavy atom. The number of hydrogen-bond acceptors (Lipinski definition) is 6. The topological polar surface area (TPSA) is 97.8 Å². The average Bonchev–Trinajstić information content (AvgIpc) is 3.34. The van der Waals surface area contributed by atoms with Gasteiger partial charge in [-0.25, -0.2) is 8.42 Å². The van der Waals surface area contributed by atoms with Crippen molar-refractivity contribution in [2.75, 3.05) is 27.3 Å². The number of sulfonamides is 1. The number of aromatic nitrogens is 1. The first-order valence-corrected chi connectivity index (χ1v) is 12.3. The van der Waals surface area contributed by atoms with Crippen LogP contribution in [-0.2, 0) is 21.4 Å². The fraction of sp³-hybridized carbons (Fsp3) is 0.280. The Labute approximate surface area is 199 Å². The molecule has 2 heterocycles. The fourth-order valence-electron chi connectivity index (χ4n) is 4.22. The van der Waals surface area contributed by atoms with Crippen molar-refractivity contribution >= 4 is 15.9 Å². The van der Waals surface area contributed by atoms with Crippen LogP contribution in [0.15, 0.2) is 77.8 Å². The summed E-state index contributed by atoms with van der Waals surface area (Å²) in [6.07, 6.45) is 1.66. The molecule has 0 spiro atoms. The van der Waals surface area contributed by atoms with Gasteiger partial charge in [-0.2, -0.15) is 4.31 Å². The lowest BCUT2D eigenvalue weighted by Crippen LogP contribution is -2.35. The first kappa shape index (κ1) is 23.7. The van der Waals surface area contributed by atoms with Crippen molar-refractivity contribution in [3.63, 3.8) is 0 Å². The Morgan fingerprint density at radius 1 is 1.03 bits per heavy atom. The molecule has 1 fully saturated rings. The number of hydrogen-bond donors (Lipinski definition) is 1. The lowest BCUT2D eigenvalue weighted by molar-refractivity contribution is -0.125. The molecule has 2 aromatic carbocycles. The molecule has 0 aliphatic carbocycles. The number of carbonyl (C=O) groups is 1. The Balaban J connectivity index is 1.65.